The Bertz CT molecular complexity index is 935. The van der Waals surface area contributed by atoms with Gasteiger partial charge in [0, 0.05) is 12.1 Å². The number of carbonyl (C=O) groups excluding carboxylic acids is 1. The van der Waals surface area contributed by atoms with Crippen molar-refractivity contribution >= 4 is 22.8 Å². The van der Waals surface area contributed by atoms with Gasteiger partial charge in [0.15, 0.2) is 17.3 Å². The number of nitrogens with one attached hydrogen (secondary N) is 1. The minimum atomic E-state index is -0.0616. The molecule has 0 atom stereocenters. The number of carbonyl (C=O) groups is 1. The van der Waals surface area contributed by atoms with E-state index in [1.165, 1.54) is 0 Å². The standard InChI is InChI=1S/C18H17N3O4/c22-8-7-19-18-20-13-3-1-2-4-14(13)21(18)10-15(23)12-5-6-16-17(9-12)25-11-24-16/h1-6,9,22H,7-8,10-11H2,(H,19,20). The van der Waals surface area contributed by atoms with Gasteiger partial charge in [0.1, 0.15) is 0 Å². The van der Waals surface area contributed by atoms with Crippen molar-refractivity contribution in [2.45, 2.75) is 6.54 Å². The predicted molar refractivity (Wildman–Crippen MR) is 92.2 cm³/mol. The fraction of sp³-hybridized carbons (Fsp3) is 0.222. The van der Waals surface area contributed by atoms with Gasteiger partial charge < -0.3 is 24.5 Å². The van der Waals surface area contributed by atoms with Crippen LogP contribution in [0.5, 0.6) is 11.5 Å². The molecule has 0 saturated heterocycles. The quantitative estimate of drug-likeness (QED) is 0.669. The van der Waals surface area contributed by atoms with Crippen molar-refractivity contribution in [3.05, 3.63) is 48.0 Å². The van der Waals surface area contributed by atoms with Crippen molar-refractivity contribution in [2.75, 3.05) is 25.3 Å². The lowest BCUT2D eigenvalue weighted by Crippen LogP contribution is -2.15. The predicted octanol–water partition coefficient (Wildman–Crippen LogP) is 2.05. The molecular formula is C18H17N3O4. The van der Waals surface area contributed by atoms with Crippen LogP contribution >= 0.6 is 0 Å². The van der Waals surface area contributed by atoms with Crippen LogP contribution in [0.15, 0.2) is 42.5 Å². The molecule has 2 aromatic carbocycles. The van der Waals surface area contributed by atoms with Gasteiger partial charge in [-0.25, -0.2) is 4.98 Å². The highest BCUT2D eigenvalue weighted by Gasteiger charge is 2.18. The van der Waals surface area contributed by atoms with Crippen molar-refractivity contribution in [1.29, 1.82) is 0 Å². The van der Waals surface area contributed by atoms with Gasteiger partial charge in [-0.2, -0.15) is 0 Å². The van der Waals surface area contributed by atoms with Crippen LogP contribution in [-0.2, 0) is 6.54 Å². The highest BCUT2D eigenvalue weighted by atomic mass is 16.7. The number of rotatable bonds is 6. The third kappa shape index (κ3) is 2.89. The second-order valence-electron chi connectivity index (χ2n) is 5.65. The third-order valence-electron chi connectivity index (χ3n) is 4.05. The number of fused-ring (bicyclic) bond motifs is 2. The Hall–Kier alpha value is -3.06. The molecule has 0 aliphatic carbocycles. The fourth-order valence-corrected chi connectivity index (χ4v) is 2.84. The molecule has 128 valence electrons. The van der Waals surface area contributed by atoms with Crippen LogP contribution in [0, 0.1) is 0 Å². The number of anilines is 1. The topological polar surface area (TPSA) is 85.6 Å². The van der Waals surface area contributed by atoms with E-state index in [0.29, 0.717) is 29.6 Å². The summed E-state index contributed by atoms with van der Waals surface area (Å²) in [5.74, 6) is 1.73. The van der Waals surface area contributed by atoms with Gasteiger partial charge in [0.25, 0.3) is 0 Å². The number of imidazole rings is 1. The number of ether oxygens (including phenoxy) is 2. The van der Waals surface area contributed by atoms with E-state index in [1.807, 2.05) is 28.8 Å². The van der Waals surface area contributed by atoms with Crippen molar-refractivity contribution in [2.24, 2.45) is 0 Å². The van der Waals surface area contributed by atoms with Crippen LogP contribution in [0.1, 0.15) is 10.4 Å². The molecule has 7 nitrogen and oxygen atoms in total. The molecule has 0 bridgehead atoms. The highest BCUT2D eigenvalue weighted by molar-refractivity contribution is 5.97. The van der Waals surface area contributed by atoms with E-state index in [2.05, 4.69) is 10.3 Å². The smallest absolute Gasteiger partial charge is 0.231 e. The summed E-state index contributed by atoms with van der Waals surface area (Å²) in [6.45, 7) is 0.656. The molecule has 7 heteroatoms. The molecule has 1 aliphatic heterocycles. The fourth-order valence-electron chi connectivity index (χ4n) is 2.84. The molecule has 0 spiro atoms. The molecule has 25 heavy (non-hydrogen) atoms. The minimum absolute atomic E-state index is 0.0146. The molecule has 2 N–H and O–H groups in total. The largest absolute Gasteiger partial charge is 0.454 e. The molecule has 0 saturated carbocycles. The van der Waals surface area contributed by atoms with E-state index in [0.717, 1.165) is 11.0 Å². The zero-order chi connectivity index (χ0) is 17.2. The van der Waals surface area contributed by atoms with Crippen LogP contribution in [-0.4, -0.2) is 40.4 Å². The van der Waals surface area contributed by atoms with Gasteiger partial charge >= 0.3 is 0 Å². The summed E-state index contributed by atoms with van der Waals surface area (Å²) in [6.07, 6.45) is 0. The van der Waals surface area contributed by atoms with Crippen molar-refractivity contribution in [3.8, 4) is 11.5 Å². The minimum Gasteiger partial charge on any atom is -0.454 e. The summed E-state index contributed by atoms with van der Waals surface area (Å²) >= 11 is 0. The van der Waals surface area contributed by atoms with Gasteiger partial charge in [-0.1, -0.05) is 12.1 Å². The molecule has 4 rings (SSSR count). The van der Waals surface area contributed by atoms with Crippen molar-refractivity contribution in [3.63, 3.8) is 0 Å². The van der Waals surface area contributed by atoms with E-state index in [9.17, 15) is 4.79 Å². The van der Waals surface area contributed by atoms with Gasteiger partial charge in [0.2, 0.25) is 12.7 Å². The summed E-state index contributed by atoms with van der Waals surface area (Å²) in [6, 6.07) is 12.8. The van der Waals surface area contributed by atoms with E-state index in [-0.39, 0.29) is 25.7 Å². The monoisotopic (exact) mass is 339 g/mol. The highest BCUT2D eigenvalue weighted by Crippen LogP contribution is 2.33. The van der Waals surface area contributed by atoms with E-state index >= 15 is 0 Å². The molecule has 0 amide bonds. The molecule has 1 aliphatic rings. The average molecular weight is 339 g/mol. The number of nitrogens with zero attached hydrogens (tertiary/aromatic N) is 2. The molecule has 0 fully saturated rings. The maximum Gasteiger partial charge on any atom is 0.231 e. The first kappa shape index (κ1) is 15.5. The summed E-state index contributed by atoms with van der Waals surface area (Å²) < 4.78 is 12.4. The first-order valence-corrected chi connectivity index (χ1v) is 7.99. The van der Waals surface area contributed by atoms with Crippen LogP contribution in [0.3, 0.4) is 0 Å². The number of aliphatic hydroxyl groups excluding tert-OH is 1. The Balaban J connectivity index is 1.66. The second-order valence-corrected chi connectivity index (χ2v) is 5.65. The number of para-hydroxylation sites is 2. The zero-order valence-electron chi connectivity index (χ0n) is 13.4. The van der Waals surface area contributed by atoms with Crippen molar-refractivity contribution < 1.29 is 19.4 Å². The molecule has 2 heterocycles. The Labute approximate surface area is 143 Å². The lowest BCUT2D eigenvalue weighted by Gasteiger charge is -2.10. The molecular weight excluding hydrogens is 322 g/mol. The Morgan fingerprint density at radius 1 is 1.20 bits per heavy atom. The van der Waals surface area contributed by atoms with Crippen LogP contribution < -0.4 is 14.8 Å². The Morgan fingerprint density at radius 2 is 2.04 bits per heavy atom. The molecule has 3 aromatic rings. The number of hydrogen-bond acceptors (Lipinski definition) is 6. The Morgan fingerprint density at radius 3 is 2.92 bits per heavy atom. The summed E-state index contributed by atoms with van der Waals surface area (Å²) in [5.41, 5.74) is 2.20. The molecule has 0 unspecified atom stereocenters. The van der Waals surface area contributed by atoms with E-state index < -0.39 is 0 Å². The van der Waals surface area contributed by atoms with Gasteiger partial charge in [-0.3, -0.25) is 4.79 Å². The maximum absolute atomic E-state index is 12.8. The first-order chi connectivity index (χ1) is 12.3. The number of benzene rings is 2. The van der Waals surface area contributed by atoms with Gasteiger partial charge in [-0.15, -0.1) is 0 Å². The number of hydrogen-bond donors (Lipinski definition) is 2. The number of Topliss-reactive ketones (excluding diaryl/α,β-unsaturated/α-hetero) is 1. The lowest BCUT2D eigenvalue weighted by molar-refractivity contribution is 0.0973. The van der Waals surface area contributed by atoms with Crippen molar-refractivity contribution in [1.82, 2.24) is 9.55 Å². The normalized spacial score (nSPS) is 12.5. The Kier molecular flexibility index (Phi) is 3.99. The average Bonchev–Trinajstić information content (AvgIpc) is 3.24. The van der Waals surface area contributed by atoms with Gasteiger partial charge in [0.05, 0.1) is 24.2 Å². The zero-order valence-corrected chi connectivity index (χ0v) is 13.4. The SMILES string of the molecule is O=C(Cn1c(NCCO)nc2ccccc21)c1ccc2c(c1)OCO2. The third-order valence-corrected chi connectivity index (χ3v) is 4.05. The van der Waals surface area contributed by atoms with E-state index in [1.54, 1.807) is 18.2 Å². The maximum atomic E-state index is 12.8. The number of ketones is 1. The van der Waals surface area contributed by atoms with Crippen LogP contribution in [0.2, 0.25) is 0 Å². The first-order valence-electron chi connectivity index (χ1n) is 7.99. The van der Waals surface area contributed by atoms with Crippen LogP contribution in [0.25, 0.3) is 11.0 Å². The summed E-state index contributed by atoms with van der Waals surface area (Å²) in [4.78, 5) is 17.3. The van der Waals surface area contributed by atoms with Gasteiger partial charge in [-0.05, 0) is 30.3 Å². The number of aromatic nitrogens is 2. The summed E-state index contributed by atoms with van der Waals surface area (Å²) in [5, 5.41) is 12.1. The molecule has 1 aromatic heterocycles. The second kappa shape index (κ2) is 6.45. The summed E-state index contributed by atoms with van der Waals surface area (Å²) in [7, 11) is 0. The van der Waals surface area contributed by atoms with E-state index in [4.69, 9.17) is 14.6 Å². The van der Waals surface area contributed by atoms with Crippen LogP contribution in [0.4, 0.5) is 5.95 Å². The number of aliphatic hydroxyl groups is 1. The molecule has 0 radical (unpaired) electrons. The lowest BCUT2D eigenvalue weighted by atomic mass is 10.1.